The van der Waals surface area contributed by atoms with E-state index in [1.165, 1.54) is 22.3 Å². The molecule has 0 radical (unpaired) electrons. The summed E-state index contributed by atoms with van der Waals surface area (Å²) < 4.78 is 0. The molecule has 384 valence electrons. The number of hydrogen-bond acceptors (Lipinski definition) is 4. The fourth-order valence-corrected chi connectivity index (χ4v) is 11.7. The lowest BCUT2D eigenvalue weighted by Crippen LogP contribution is -2.12. The van der Waals surface area contributed by atoms with Crippen LogP contribution in [0.25, 0.3) is 44.5 Å². The zero-order chi connectivity index (χ0) is 54.1. The molecule has 12 aromatic rings. The van der Waals surface area contributed by atoms with Crippen LogP contribution in [0.1, 0.15) is 22.3 Å². The average molecular weight is 1030 g/mol. The minimum absolute atomic E-state index is 1.07. The topological polar surface area (TPSA) is 13.0 Å². The Morgan fingerprint density at radius 1 is 0.150 bits per heavy atom. The molecule has 13 rings (SSSR count). The van der Waals surface area contributed by atoms with E-state index in [4.69, 9.17) is 0 Å². The summed E-state index contributed by atoms with van der Waals surface area (Å²) in [5.74, 6) is 0. The maximum atomic E-state index is 2.43. The highest BCUT2D eigenvalue weighted by atomic mass is 15.2. The minimum Gasteiger partial charge on any atom is -0.310 e. The minimum atomic E-state index is 1.07. The zero-order valence-electron chi connectivity index (χ0n) is 45.5. The van der Waals surface area contributed by atoms with Crippen LogP contribution in [0.3, 0.4) is 0 Å². The van der Waals surface area contributed by atoms with Gasteiger partial charge in [-0.2, -0.15) is 0 Å². The molecule has 0 amide bonds. The maximum absolute atomic E-state index is 2.43. The predicted octanol–water partition coefficient (Wildman–Crippen LogP) is 21.8. The number of hydrogen-bond donors (Lipinski definition) is 0. The van der Waals surface area contributed by atoms with E-state index in [1.807, 2.05) is 0 Å². The zero-order valence-corrected chi connectivity index (χ0v) is 45.5. The molecule has 0 fully saturated rings. The fraction of sp³-hybridized carbons (Fsp3) is 0.0526. The summed E-state index contributed by atoms with van der Waals surface area (Å²) in [5, 5.41) is 0. The van der Waals surface area contributed by atoms with E-state index in [-0.39, 0.29) is 0 Å². The van der Waals surface area contributed by atoms with Gasteiger partial charge in [-0.25, -0.2) is 0 Å². The first kappa shape index (κ1) is 49.4. The molecule has 0 saturated heterocycles. The van der Waals surface area contributed by atoms with Gasteiger partial charge in [0.05, 0.1) is 0 Å². The SMILES string of the molecule is Cc1cccc(N(c2ccccc2)c2ccc3c(c2)-c2cc(N(c4ccccc4)c4cccc(C)c4)ccc2-c2ccc(N(c4ccccc4)c4cccc(C)c4)cc2-c2cc(N(c4ccccc4)c4cccc(C)c4)ccc2-3)c1. The van der Waals surface area contributed by atoms with Gasteiger partial charge in [0.1, 0.15) is 0 Å². The first-order valence-electron chi connectivity index (χ1n) is 27.6. The molecule has 12 aromatic carbocycles. The van der Waals surface area contributed by atoms with E-state index < -0.39 is 0 Å². The largest absolute Gasteiger partial charge is 0.310 e. The van der Waals surface area contributed by atoms with Gasteiger partial charge in [0, 0.05) is 68.2 Å². The Bertz CT molecular complexity index is 3650. The second kappa shape index (κ2) is 21.3. The molecule has 0 aliphatic heterocycles. The number of para-hydroxylation sites is 4. The third kappa shape index (κ3) is 9.58. The molecule has 4 heteroatoms. The van der Waals surface area contributed by atoms with Crippen LogP contribution in [0.2, 0.25) is 0 Å². The lowest BCUT2D eigenvalue weighted by Gasteiger charge is -2.32. The van der Waals surface area contributed by atoms with Gasteiger partial charge in [-0.3, -0.25) is 0 Å². The molecule has 0 unspecified atom stereocenters. The average Bonchev–Trinajstić information content (AvgIpc) is 3.54. The van der Waals surface area contributed by atoms with Crippen LogP contribution in [0.5, 0.6) is 0 Å². The highest BCUT2D eigenvalue weighted by molar-refractivity contribution is 6.07. The first-order valence-corrected chi connectivity index (χ1v) is 27.6. The molecular formula is C76H60N4. The molecule has 4 nitrogen and oxygen atoms in total. The summed E-state index contributed by atoms with van der Waals surface area (Å²) in [4.78, 5) is 9.58. The Labute approximate surface area is 471 Å². The van der Waals surface area contributed by atoms with Crippen molar-refractivity contribution in [3.05, 3.63) is 313 Å². The van der Waals surface area contributed by atoms with Crippen molar-refractivity contribution >= 4 is 68.2 Å². The smallest absolute Gasteiger partial charge is 0.0468 e. The monoisotopic (exact) mass is 1030 g/mol. The normalized spacial score (nSPS) is 11.2. The summed E-state index contributed by atoms with van der Waals surface area (Å²) in [6, 6.07) is 107. The maximum Gasteiger partial charge on any atom is 0.0468 e. The Balaban J connectivity index is 1.13. The number of nitrogens with zero attached hydrogens (tertiary/aromatic N) is 4. The molecule has 1 aliphatic rings. The van der Waals surface area contributed by atoms with Gasteiger partial charge in [0.2, 0.25) is 0 Å². The van der Waals surface area contributed by atoms with Crippen LogP contribution in [0, 0.1) is 27.7 Å². The second-order valence-corrected chi connectivity index (χ2v) is 21.0. The molecule has 0 atom stereocenters. The number of fused-ring (bicyclic) bond motifs is 8. The molecule has 0 N–H and O–H groups in total. The van der Waals surface area contributed by atoms with Gasteiger partial charge in [-0.15, -0.1) is 0 Å². The molecule has 0 saturated carbocycles. The molecule has 0 bridgehead atoms. The van der Waals surface area contributed by atoms with Crippen LogP contribution in [-0.4, -0.2) is 0 Å². The van der Waals surface area contributed by atoms with Gasteiger partial charge in [-0.05, 0) is 240 Å². The van der Waals surface area contributed by atoms with Crippen molar-refractivity contribution in [1.29, 1.82) is 0 Å². The van der Waals surface area contributed by atoms with Crippen molar-refractivity contribution in [2.45, 2.75) is 27.7 Å². The van der Waals surface area contributed by atoms with Gasteiger partial charge in [0.15, 0.2) is 0 Å². The summed E-state index contributed by atoms with van der Waals surface area (Å²) in [7, 11) is 0. The highest BCUT2D eigenvalue weighted by Crippen LogP contribution is 2.54. The predicted molar refractivity (Wildman–Crippen MR) is 339 cm³/mol. The molecule has 0 heterocycles. The summed E-state index contributed by atoms with van der Waals surface area (Å²) >= 11 is 0. The van der Waals surface area contributed by atoms with Gasteiger partial charge in [-0.1, -0.05) is 146 Å². The van der Waals surface area contributed by atoms with E-state index in [2.05, 4.69) is 338 Å². The standard InChI is InChI=1S/C76H60N4/c1-53-21-17-33-61(45-53)77(57-25-9-5-10-26-57)65-37-41-69-70-42-38-67(79(59-29-13-7-14-30-59)63-35-19-23-55(3)47-63)51-75(70)76-52-68(80(60-31-15-8-16-32-60)64-36-20-24-56(4)48-64)40-44-72(76)71-43-39-66(50-74(71)73(69)49-65)78(58-27-11-6-12-28-58)62-34-18-22-54(2)46-62/h5-52H,1-4H3. The van der Waals surface area contributed by atoms with Crippen molar-refractivity contribution in [3.63, 3.8) is 0 Å². The van der Waals surface area contributed by atoms with E-state index in [9.17, 15) is 0 Å². The second-order valence-electron chi connectivity index (χ2n) is 21.0. The lowest BCUT2D eigenvalue weighted by molar-refractivity contribution is 1.26. The first-order chi connectivity index (χ1) is 39.3. The van der Waals surface area contributed by atoms with Crippen molar-refractivity contribution in [2.75, 3.05) is 19.6 Å². The molecule has 1 aliphatic carbocycles. The fourth-order valence-electron chi connectivity index (χ4n) is 11.7. The van der Waals surface area contributed by atoms with Crippen molar-refractivity contribution in [1.82, 2.24) is 0 Å². The van der Waals surface area contributed by atoms with Crippen molar-refractivity contribution < 1.29 is 0 Å². The summed E-state index contributed by atoms with van der Waals surface area (Å²) in [6.07, 6.45) is 0. The van der Waals surface area contributed by atoms with Crippen LogP contribution >= 0.6 is 0 Å². The highest BCUT2D eigenvalue weighted by Gasteiger charge is 2.28. The van der Waals surface area contributed by atoms with Crippen LogP contribution < -0.4 is 19.6 Å². The molecule has 0 spiro atoms. The third-order valence-corrected chi connectivity index (χ3v) is 15.3. The van der Waals surface area contributed by atoms with Crippen LogP contribution in [-0.2, 0) is 0 Å². The van der Waals surface area contributed by atoms with Crippen LogP contribution in [0.15, 0.2) is 291 Å². The van der Waals surface area contributed by atoms with E-state index in [1.54, 1.807) is 0 Å². The van der Waals surface area contributed by atoms with E-state index in [0.717, 1.165) is 113 Å². The summed E-state index contributed by atoms with van der Waals surface area (Å²) in [6.45, 7) is 8.68. The number of benzene rings is 12. The van der Waals surface area contributed by atoms with E-state index >= 15 is 0 Å². The third-order valence-electron chi connectivity index (χ3n) is 15.3. The van der Waals surface area contributed by atoms with E-state index in [0.29, 0.717) is 0 Å². The molecule has 0 aromatic heterocycles. The van der Waals surface area contributed by atoms with Crippen molar-refractivity contribution in [2.24, 2.45) is 0 Å². The van der Waals surface area contributed by atoms with Crippen molar-refractivity contribution in [3.8, 4) is 44.5 Å². The Hall–Kier alpha value is -10.2. The molecule has 80 heavy (non-hydrogen) atoms. The quantitative estimate of drug-likeness (QED) is 0.121. The van der Waals surface area contributed by atoms with Gasteiger partial charge >= 0.3 is 0 Å². The summed E-state index contributed by atoms with van der Waals surface area (Å²) in [5.41, 5.74) is 26.9. The Morgan fingerprint density at radius 3 is 0.537 bits per heavy atom. The number of anilines is 12. The lowest BCUT2D eigenvalue weighted by atomic mass is 9.80. The van der Waals surface area contributed by atoms with Gasteiger partial charge < -0.3 is 19.6 Å². The number of rotatable bonds is 12. The number of aryl methyl sites for hydroxylation is 4. The van der Waals surface area contributed by atoms with Crippen LogP contribution in [0.4, 0.5) is 68.2 Å². The van der Waals surface area contributed by atoms with Gasteiger partial charge in [0.25, 0.3) is 0 Å². The molecular weight excluding hydrogens is 969 g/mol. The Kier molecular flexibility index (Phi) is 13.2. The Morgan fingerprint density at radius 2 is 0.338 bits per heavy atom.